The van der Waals surface area contributed by atoms with Gasteiger partial charge >= 0.3 is 0 Å². The average Bonchev–Trinajstić information content (AvgIpc) is 2.58. The first-order valence-corrected chi connectivity index (χ1v) is 8.30. The van der Waals surface area contributed by atoms with Crippen molar-refractivity contribution in [1.29, 1.82) is 0 Å². The third kappa shape index (κ3) is 4.31. The highest BCUT2D eigenvalue weighted by Crippen LogP contribution is 2.22. The van der Waals surface area contributed by atoms with Crippen molar-refractivity contribution in [3.05, 3.63) is 53.9 Å². The van der Waals surface area contributed by atoms with E-state index in [9.17, 15) is 4.79 Å². The smallest absolute Gasteiger partial charge is 0.257 e. The van der Waals surface area contributed by atoms with Crippen LogP contribution in [0.1, 0.15) is 48.0 Å². The van der Waals surface area contributed by atoms with Crippen LogP contribution in [0.25, 0.3) is 0 Å². The monoisotopic (exact) mass is 309 g/mol. The van der Waals surface area contributed by atoms with Gasteiger partial charge in [0, 0.05) is 24.1 Å². The second kappa shape index (κ2) is 7.27. The van der Waals surface area contributed by atoms with E-state index >= 15 is 0 Å². The van der Waals surface area contributed by atoms with Crippen LogP contribution in [0.4, 0.5) is 11.4 Å². The lowest BCUT2D eigenvalue weighted by Gasteiger charge is -2.23. The molecule has 1 aliphatic carbocycles. The fourth-order valence-electron chi connectivity index (χ4n) is 2.97. The van der Waals surface area contributed by atoms with Crippen LogP contribution < -0.4 is 10.6 Å². The Bertz CT molecular complexity index is 661. The predicted molar refractivity (Wildman–Crippen MR) is 93.9 cm³/mol. The fourth-order valence-corrected chi connectivity index (χ4v) is 2.97. The van der Waals surface area contributed by atoms with Crippen molar-refractivity contribution in [3.63, 3.8) is 0 Å². The maximum absolute atomic E-state index is 12.4. The Hall–Kier alpha value is -2.36. The van der Waals surface area contributed by atoms with Gasteiger partial charge in [0.1, 0.15) is 0 Å². The summed E-state index contributed by atoms with van der Waals surface area (Å²) in [6, 6.07) is 10.2. The maximum atomic E-state index is 12.4. The molecule has 1 aliphatic rings. The molecule has 1 saturated carbocycles. The van der Waals surface area contributed by atoms with Crippen LogP contribution in [0, 0.1) is 6.92 Å². The predicted octanol–water partition coefficient (Wildman–Crippen LogP) is 4.39. The normalized spacial score (nSPS) is 15.2. The number of anilines is 2. The number of amides is 1. The van der Waals surface area contributed by atoms with Crippen LogP contribution in [-0.4, -0.2) is 16.9 Å². The van der Waals surface area contributed by atoms with E-state index in [1.54, 1.807) is 12.4 Å². The standard InChI is InChI=1S/C19H23N3O/c1-14-7-9-17(10-8-14)22-19(23)15-11-18(13-20-12-15)21-16-5-3-2-4-6-16/h7-13,16,21H,2-6H2,1H3,(H,22,23). The lowest BCUT2D eigenvalue weighted by molar-refractivity contribution is 0.102. The van der Waals surface area contributed by atoms with Crippen LogP contribution in [0.5, 0.6) is 0 Å². The molecule has 0 saturated heterocycles. The van der Waals surface area contributed by atoms with E-state index in [-0.39, 0.29) is 5.91 Å². The van der Waals surface area contributed by atoms with E-state index in [0.717, 1.165) is 11.4 Å². The number of pyridine rings is 1. The summed E-state index contributed by atoms with van der Waals surface area (Å²) in [5.41, 5.74) is 3.47. The molecule has 1 aromatic heterocycles. The van der Waals surface area contributed by atoms with E-state index in [4.69, 9.17) is 0 Å². The topological polar surface area (TPSA) is 54.0 Å². The maximum Gasteiger partial charge on any atom is 0.257 e. The zero-order valence-electron chi connectivity index (χ0n) is 13.5. The molecule has 4 heteroatoms. The number of aromatic nitrogens is 1. The van der Waals surface area contributed by atoms with Crippen LogP contribution in [0.3, 0.4) is 0 Å². The van der Waals surface area contributed by atoms with Gasteiger partial charge in [-0.2, -0.15) is 0 Å². The molecule has 0 atom stereocenters. The van der Waals surface area contributed by atoms with Crippen molar-refractivity contribution in [1.82, 2.24) is 4.98 Å². The average molecular weight is 309 g/mol. The quantitative estimate of drug-likeness (QED) is 0.881. The van der Waals surface area contributed by atoms with Crippen molar-refractivity contribution in [2.24, 2.45) is 0 Å². The first kappa shape index (κ1) is 15.5. The number of nitrogens with one attached hydrogen (secondary N) is 2. The molecule has 4 nitrogen and oxygen atoms in total. The van der Waals surface area contributed by atoms with Gasteiger partial charge < -0.3 is 10.6 Å². The third-order valence-corrected chi connectivity index (χ3v) is 4.29. The van der Waals surface area contributed by atoms with Gasteiger partial charge in [-0.1, -0.05) is 37.0 Å². The van der Waals surface area contributed by atoms with Crippen molar-refractivity contribution < 1.29 is 4.79 Å². The zero-order chi connectivity index (χ0) is 16.1. The van der Waals surface area contributed by atoms with E-state index in [1.165, 1.54) is 37.7 Å². The van der Waals surface area contributed by atoms with Crippen molar-refractivity contribution in [2.45, 2.75) is 45.1 Å². The van der Waals surface area contributed by atoms with E-state index in [1.807, 2.05) is 37.3 Å². The Labute approximate surface area is 137 Å². The number of hydrogen-bond acceptors (Lipinski definition) is 3. The molecule has 23 heavy (non-hydrogen) atoms. The molecule has 0 spiro atoms. The van der Waals surface area contributed by atoms with Crippen molar-refractivity contribution in [2.75, 3.05) is 10.6 Å². The Balaban J connectivity index is 1.66. The van der Waals surface area contributed by atoms with Gasteiger partial charge in [-0.05, 0) is 38.0 Å². The fraction of sp³-hybridized carbons (Fsp3) is 0.368. The largest absolute Gasteiger partial charge is 0.381 e. The summed E-state index contributed by atoms with van der Waals surface area (Å²) < 4.78 is 0. The highest BCUT2D eigenvalue weighted by molar-refractivity contribution is 6.04. The van der Waals surface area contributed by atoms with E-state index < -0.39 is 0 Å². The van der Waals surface area contributed by atoms with Gasteiger partial charge in [0.05, 0.1) is 11.3 Å². The van der Waals surface area contributed by atoms with Crippen molar-refractivity contribution >= 4 is 17.3 Å². The number of nitrogens with zero attached hydrogens (tertiary/aromatic N) is 1. The number of aryl methyl sites for hydroxylation is 1. The molecular weight excluding hydrogens is 286 g/mol. The summed E-state index contributed by atoms with van der Waals surface area (Å²) in [6.07, 6.45) is 9.67. The number of carbonyl (C=O) groups excluding carboxylic acids is 1. The molecule has 120 valence electrons. The van der Waals surface area contributed by atoms with E-state index in [2.05, 4.69) is 15.6 Å². The van der Waals surface area contributed by atoms with Crippen LogP contribution in [0.15, 0.2) is 42.7 Å². The van der Waals surface area contributed by atoms with Crippen molar-refractivity contribution in [3.8, 4) is 0 Å². The highest BCUT2D eigenvalue weighted by atomic mass is 16.1. The zero-order valence-corrected chi connectivity index (χ0v) is 13.5. The first-order valence-electron chi connectivity index (χ1n) is 8.30. The first-order chi connectivity index (χ1) is 11.2. The van der Waals surface area contributed by atoms with Gasteiger partial charge in [0.2, 0.25) is 0 Å². The molecule has 3 rings (SSSR count). The second-order valence-corrected chi connectivity index (χ2v) is 6.26. The molecule has 2 aromatic rings. The van der Waals surface area contributed by atoms with Gasteiger partial charge in [-0.3, -0.25) is 9.78 Å². The van der Waals surface area contributed by atoms with E-state index in [0.29, 0.717) is 11.6 Å². The molecule has 2 N–H and O–H groups in total. The number of hydrogen-bond donors (Lipinski definition) is 2. The lowest BCUT2D eigenvalue weighted by Crippen LogP contribution is -2.22. The third-order valence-electron chi connectivity index (χ3n) is 4.29. The van der Waals surface area contributed by atoms with Gasteiger partial charge in [-0.15, -0.1) is 0 Å². The number of rotatable bonds is 4. The number of carbonyl (C=O) groups is 1. The lowest BCUT2D eigenvalue weighted by atomic mass is 9.95. The SMILES string of the molecule is Cc1ccc(NC(=O)c2cncc(NC3CCCCC3)c2)cc1. The van der Waals surface area contributed by atoms with Gasteiger partial charge in [0.15, 0.2) is 0 Å². The molecule has 0 aliphatic heterocycles. The molecule has 1 aromatic carbocycles. The molecular formula is C19H23N3O. The minimum atomic E-state index is -0.131. The summed E-state index contributed by atoms with van der Waals surface area (Å²) in [4.78, 5) is 16.6. The molecule has 0 bridgehead atoms. The molecule has 1 fully saturated rings. The Kier molecular flexibility index (Phi) is 4.91. The summed E-state index contributed by atoms with van der Waals surface area (Å²) in [5.74, 6) is -0.131. The molecule has 1 amide bonds. The van der Waals surface area contributed by atoms with Crippen LogP contribution in [0.2, 0.25) is 0 Å². The number of benzene rings is 1. The van der Waals surface area contributed by atoms with Crippen LogP contribution >= 0.6 is 0 Å². The summed E-state index contributed by atoms with van der Waals surface area (Å²) in [5, 5.41) is 6.41. The minimum Gasteiger partial charge on any atom is -0.381 e. The highest BCUT2D eigenvalue weighted by Gasteiger charge is 2.14. The Morgan fingerprint density at radius 1 is 1.04 bits per heavy atom. The van der Waals surface area contributed by atoms with Gasteiger partial charge in [-0.25, -0.2) is 0 Å². The molecule has 1 heterocycles. The Morgan fingerprint density at radius 2 is 1.78 bits per heavy atom. The summed E-state index contributed by atoms with van der Waals surface area (Å²) in [6.45, 7) is 2.02. The van der Waals surface area contributed by atoms with Gasteiger partial charge in [0.25, 0.3) is 5.91 Å². The summed E-state index contributed by atoms with van der Waals surface area (Å²) in [7, 11) is 0. The summed E-state index contributed by atoms with van der Waals surface area (Å²) >= 11 is 0. The van der Waals surface area contributed by atoms with Crippen LogP contribution in [-0.2, 0) is 0 Å². The molecule has 0 unspecified atom stereocenters. The Morgan fingerprint density at radius 3 is 2.52 bits per heavy atom. The molecule has 0 radical (unpaired) electrons. The second-order valence-electron chi connectivity index (χ2n) is 6.26. The minimum absolute atomic E-state index is 0.131.